The van der Waals surface area contributed by atoms with Gasteiger partial charge in [0.2, 0.25) is 5.95 Å². The van der Waals surface area contributed by atoms with Crippen LogP contribution in [-0.2, 0) is 14.5 Å². The Morgan fingerprint density at radius 3 is 1.52 bits per heavy atom. The summed E-state index contributed by atoms with van der Waals surface area (Å²) in [5, 5.41) is 18.5. The summed E-state index contributed by atoms with van der Waals surface area (Å²) in [4.78, 5) is 33.4. The van der Waals surface area contributed by atoms with Crippen molar-refractivity contribution < 1.29 is 14.5 Å². The molecular weight excluding hydrogens is 763 g/mol. The Labute approximate surface area is 374 Å². The lowest BCUT2D eigenvalue weighted by Crippen LogP contribution is -2.63. The van der Waals surface area contributed by atoms with Gasteiger partial charge in [0.15, 0.2) is 5.82 Å². The van der Waals surface area contributed by atoms with E-state index in [0.717, 1.165) is 116 Å². The molecule has 3 fully saturated rings. The molecule has 354 valence electrons. The molecule has 4 rings (SSSR count). The molecule has 0 aliphatic carbocycles. The van der Waals surface area contributed by atoms with Crippen LogP contribution < -0.4 is 16.0 Å². The second-order valence-corrected chi connectivity index (χ2v) is 22.9. The van der Waals surface area contributed by atoms with Crippen LogP contribution in [0.1, 0.15) is 218 Å². The Morgan fingerprint density at radius 2 is 1.03 bits per heavy atom. The van der Waals surface area contributed by atoms with Crippen LogP contribution in [0, 0.1) is 5.92 Å². The highest BCUT2D eigenvalue weighted by Crippen LogP contribution is 2.44. The van der Waals surface area contributed by atoms with Gasteiger partial charge in [0.1, 0.15) is 6.33 Å². The van der Waals surface area contributed by atoms with E-state index in [9.17, 15) is 0 Å². The van der Waals surface area contributed by atoms with Gasteiger partial charge in [0.05, 0.1) is 25.9 Å². The number of anilines is 1. The molecule has 61 heavy (non-hydrogen) atoms. The van der Waals surface area contributed by atoms with Crippen LogP contribution >= 0.6 is 0 Å². The molecule has 0 aromatic carbocycles. The summed E-state index contributed by atoms with van der Waals surface area (Å²) < 4.78 is 0. The Bertz CT molecular complexity index is 1380. The number of nitrogens with zero attached hydrogens (tertiary/aromatic N) is 6. The van der Waals surface area contributed by atoms with E-state index in [0.29, 0.717) is 23.9 Å². The fourth-order valence-corrected chi connectivity index (χ4v) is 11.9. The summed E-state index contributed by atoms with van der Waals surface area (Å²) in [6.45, 7) is 38.7. The molecule has 12 heteroatoms. The van der Waals surface area contributed by atoms with E-state index in [2.05, 4.69) is 140 Å². The zero-order valence-corrected chi connectivity index (χ0v) is 42.1. The average molecular weight is 858 g/mol. The van der Waals surface area contributed by atoms with E-state index in [-0.39, 0.29) is 39.3 Å². The molecule has 0 spiro atoms. The Kier molecular flexibility index (Phi) is 19.3. The third kappa shape index (κ3) is 15.0. The van der Waals surface area contributed by atoms with Crippen molar-refractivity contribution in [1.29, 1.82) is 0 Å². The molecule has 0 radical (unpaired) electrons. The molecular formula is C49H95N9O3. The smallest absolute Gasteiger partial charge is 0.225 e. The van der Waals surface area contributed by atoms with Crippen molar-refractivity contribution in [3.63, 3.8) is 0 Å². The molecule has 0 amide bonds. The fraction of sp³-hybridized carbons (Fsp3) is 0.939. The van der Waals surface area contributed by atoms with Gasteiger partial charge in [-0.3, -0.25) is 14.5 Å². The van der Waals surface area contributed by atoms with Crippen molar-refractivity contribution in [2.24, 2.45) is 5.92 Å². The molecule has 3 N–H and O–H groups in total. The quantitative estimate of drug-likeness (QED) is 0.0814. The minimum atomic E-state index is -0.108. The molecule has 1 aromatic heterocycles. The second kappa shape index (κ2) is 22.6. The van der Waals surface area contributed by atoms with Gasteiger partial charge in [0.25, 0.3) is 0 Å². The molecule has 0 bridgehead atoms. The Balaban J connectivity index is 1.34. The first-order chi connectivity index (χ1) is 28.6. The highest BCUT2D eigenvalue weighted by atomic mass is 16.7. The highest BCUT2D eigenvalue weighted by Gasteiger charge is 2.49. The fourth-order valence-electron chi connectivity index (χ4n) is 11.9. The molecule has 1 aromatic rings. The van der Waals surface area contributed by atoms with Crippen molar-refractivity contribution in [2.45, 2.75) is 258 Å². The van der Waals surface area contributed by atoms with Crippen molar-refractivity contribution in [3.8, 4) is 0 Å². The Morgan fingerprint density at radius 1 is 0.574 bits per heavy atom. The van der Waals surface area contributed by atoms with Crippen molar-refractivity contribution in [3.05, 3.63) is 12.2 Å². The van der Waals surface area contributed by atoms with E-state index in [1.807, 2.05) is 0 Å². The molecule has 3 saturated heterocycles. The monoisotopic (exact) mass is 858 g/mol. The van der Waals surface area contributed by atoms with Gasteiger partial charge < -0.3 is 16.0 Å². The molecule has 3 aliphatic heterocycles. The maximum atomic E-state index is 6.37. The van der Waals surface area contributed by atoms with Gasteiger partial charge >= 0.3 is 0 Å². The zero-order valence-electron chi connectivity index (χ0n) is 42.1. The first-order valence-corrected chi connectivity index (χ1v) is 24.8. The molecule has 1 unspecified atom stereocenters. The van der Waals surface area contributed by atoms with Crippen LogP contribution in [-0.4, -0.2) is 108 Å². The van der Waals surface area contributed by atoms with E-state index >= 15 is 0 Å². The molecule has 12 nitrogen and oxygen atoms in total. The summed E-state index contributed by atoms with van der Waals surface area (Å²) in [6, 6.07) is 0.841. The van der Waals surface area contributed by atoms with E-state index in [1.54, 1.807) is 6.33 Å². The molecule has 3 aliphatic rings. The number of rotatable bonds is 25. The molecule has 4 heterocycles. The standard InChI is InChI=1S/C49H95N9O3/c1-16-28-59-56-44(4,5)31-38(32-45(56,6)7)24-21-23-27-51-43-53-37-52-42(55-43)41(54-40-35-48(12,13)58(61-30-18-3)49(14,15)36-40)25-20-19-22-26-50-39-33-46(8,9)57(60-29-17-2)47(10,11)34-39/h37-41,50,54H,16-36H2,1-15H3,(H,51,52,53,55). The average Bonchev–Trinajstić information content (AvgIpc) is 3.13. The summed E-state index contributed by atoms with van der Waals surface area (Å²) in [7, 11) is 0. The third-order valence-corrected chi connectivity index (χ3v) is 13.4. The number of hydrogen-bond acceptors (Lipinski definition) is 12. The summed E-state index contributed by atoms with van der Waals surface area (Å²) in [5.74, 6) is 2.23. The van der Waals surface area contributed by atoms with Crippen LogP contribution in [0.2, 0.25) is 0 Å². The van der Waals surface area contributed by atoms with Gasteiger partial charge in [0, 0.05) is 51.9 Å². The number of hydrogen-bond donors (Lipinski definition) is 3. The minimum Gasteiger partial charge on any atom is -0.354 e. The first-order valence-electron chi connectivity index (χ1n) is 24.8. The van der Waals surface area contributed by atoms with Crippen LogP contribution in [0.4, 0.5) is 5.95 Å². The predicted molar refractivity (Wildman–Crippen MR) is 252 cm³/mol. The maximum Gasteiger partial charge on any atom is 0.225 e. The van der Waals surface area contributed by atoms with E-state index in [4.69, 9.17) is 24.5 Å². The largest absolute Gasteiger partial charge is 0.354 e. The topological polar surface area (TPSA) is 112 Å². The summed E-state index contributed by atoms with van der Waals surface area (Å²) in [5.41, 5.74) is -0.172. The van der Waals surface area contributed by atoms with Crippen LogP contribution in [0.3, 0.4) is 0 Å². The van der Waals surface area contributed by atoms with Crippen LogP contribution in [0.15, 0.2) is 6.33 Å². The highest BCUT2D eigenvalue weighted by molar-refractivity contribution is 5.23. The van der Waals surface area contributed by atoms with Crippen LogP contribution in [0.25, 0.3) is 0 Å². The summed E-state index contributed by atoms with van der Waals surface area (Å²) >= 11 is 0. The van der Waals surface area contributed by atoms with Gasteiger partial charge in [-0.25, -0.2) is 9.97 Å². The van der Waals surface area contributed by atoms with Gasteiger partial charge in [-0.15, -0.1) is 0 Å². The molecule has 1 atom stereocenters. The minimum absolute atomic E-state index is 0.0102. The second-order valence-electron chi connectivity index (χ2n) is 22.9. The number of aromatic nitrogens is 3. The van der Waals surface area contributed by atoms with Gasteiger partial charge in [-0.1, -0.05) is 46.5 Å². The number of piperidine rings is 3. The van der Waals surface area contributed by atoms with Crippen molar-refractivity contribution in [2.75, 3.05) is 38.2 Å². The lowest BCUT2D eigenvalue weighted by molar-refractivity contribution is -0.288. The predicted octanol–water partition coefficient (Wildman–Crippen LogP) is 10.6. The first kappa shape index (κ1) is 52.1. The zero-order chi connectivity index (χ0) is 45.1. The number of hydroxylamine groups is 6. The lowest BCUT2D eigenvalue weighted by atomic mass is 9.73. The normalized spacial score (nSPS) is 23.9. The summed E-state index contributed by atoms with van der Waals surface area (Å²) in [6.07, 6.45) is 19.2. The Hall–Kier alpha value is -1.51. The number of nitrogens with one attached hydrogen (secondary N) is 3. The van der Waals surface area contributed by atoms with E-state index < -0.39 is 0 Å². The van der Waals surface area contributed by atoms with Crippen molar-refractivity contribution >= 4 is 5.95 Å². The third-order valence-electron chi connectivity index (χ3n) is 13.4. The maximum absolute atomic E-state index is 6.37. The van der Waals surface area contributed by atoms with Gasteiger partial charge in [-0.05, 0) is 173 Å². The van der Waals surface area contributed by atoms with Crippen LogP contribution in [0.5, 0.6) is 0 Å². The van der Waals surface area contributed by atoms with E-state index in [1.165, 1.54) is 25.7 Å². The molecule has 0 saturated carbocycles. The van der Waals surface area contributed by atoms with Gasteiger partial charge in [-0.2, -0.15) is 20.2 Å². The number of unbranched alkanes of at least 4 members (excludes halogenated alkanes) is 3. The van der Waals surface area contributed by atoms with Crippen molar-refractivity contribution in [1.82, 2.24) is 40.8 Å². The SMILES string of the molecule is CCCON1C(C)(C)CC(CCCCNc2ncnc(C(CCCCCNC3CC(C)(C)N(OCCC)C(C)(C)C3)NC3CC(C)(C)N(OCCC)C(C)(C)C3)n2)CC1(C)C. The lowest BCUT2D eigenvalue weighted by Gasteiger charge is -2.54.